The quantitative estimate of drug-likeness (QED) is 0.189. The molecule has 0 unspecified atom stereocenters. The molecule has 0 saturated carbocycles. The first-order valence-electron chi connectivity index (χ1n) is 10.7. The topological polar surface area (TPSA) is 67.2 Å². The number of hydrogen-bond donors (Lipinski definition) is 2. The van der Waals surface area contributed by atoms with Crippen molar-refractivity contribution in [1.29, 1.82) is 0 Å². The van der Waals surface area contributed by atoms with Gasteiger partial charge in [0.2, 0.25) is 5.91 Å². The number of aromatic nitrogens is 1. The van der Waals surface area contributed by atoms with Crippen LogP contribution in [0.2, 0.25) is 10.0 Å². The highest BCUT2D eigenvalue weighted by Gasteiger charge is 2.11. The molecule has 2 aromatic heterocycles. The van der Waals surface area contributed by atoms with E-state index in [-0.39, 0.29) is 11.0 Å². The van der Waals surface area contributed by atoms with Crippen LogP contribution in [0, 0.1) is 0 Å². The molecule has 9 heteroatoms. The minimum absolute atomic E-state index is 0.172. The summed E-state index contributed by atoms with van der Waals surface area (Å²) in [5.41, 5.74) is 2.87. The third kappa shape index (κ3) is 6.04. The zero-order valence-electron chi connectivity index (χ0n) is 18.2. The van der Waals surface area contributed by atoms with Crippen LogP contribution in [-0.4, -0.2) is 16.0 Å². The molecule has 0 aliphatic carbocycles. The first-order valence-corrected chi connectivity index (χ1v) is 12.6. The van der Waals surface area contributed by atoms with Gasteiger partial charge in [0.15, 0.2) is 10.2 Å². The molecule has 0 aliphatic rings. The van der Waals surface area contributed by atoms with Gasteiger partial charge in [0.1, 0.15) is 11.5 Å². The van der Waals surface area contributed by atoms with Crippen LogP contribution in [0.5, 0.6) is 0 Å². The molecule has 1 amide bonds. The van der Waals surface area contributed by atoms with Gasteiger partial charge < -0.3 is 9.73 Å². The average Bonchev–Trinajstić information content (AvgIpc) is 3.44. The van der Waals surface area contributed by atoms with Crippen LogP contribution >= 0.6 is 46.8 Å². The maximum atomic E-state index is 12.3. The average molecular weight is 531 g/mol. The summed E-state index contributed by atoms with van der Waals surface area (Å²) < 4.78 is 6.84. The second-order valence-electron chi connectivity index (χ2n) is 7.50. The van der Waals surface area contributed by atoms with E-state index in [0.29, 0.717) is 32.3 Å². The number of nitrogens with one attached hydrogen (secondary N) is 2. The second kappa shape index (κ2) is 11.1. The molecule has 0 atom stereocenters. The number of aryl methyl sites for hydroxylation is 1. The van der Waals surface area contributed by atoms with Crippen molar-refractivity contribution in [2.75, 3.05) is 5.32 Å². The Morgan fingerprint density at radius 2 is 2.06 bits per heavy atom. The predicted molar refractivity (Wildman–Crippen MR) is 146 cm³/mol. The lowest BCUT2D eigenvalue weighted by Gasteiger charge is -2.04. The number of nitrogens with zero attached hydrogens (tertiary/aromatic N) is 1. The van der Waals surface area contributed by atoms with Gasteiger partial charge in [0.25, 0.3) is 0 Å². The van der Waals surface area contributed by atoms with E-state index in [1.54, 1.807) is 30.3 Å². The van der Waals surface area contributed by atoms with Gasteiger partial charge in [-0.15, -0.1) is 0 Å². The molecule has 0 fully saturated rings. The van der Waals surface area contributed by atoms with Crippen LogP contribution < -0.4 is 10.6 Å². The SMILES string of the molecule is CCCCc1ccc2nc(NC(=S)NC(=O)C=Cc3ccc(-c4cccc(Cl)c4Cl)o3)sc2c1. The van der Waals surface area contributed by atoms with E-state index in [0.717, 1.165) is 29.5 Å². The van der Waals surface area contributed by atoms with E-state index >= 15 is 0 Å². The molecule has 2 aromatic carbocycles. The summed E-state index contributed by atoms with van der Waals surface area (Å²) in [5, 5.41) is 7.26. The van der Waals surface area contributed by atoms with Gasteiger partial charge in [-0.25, -0.2) is 4.98 Å². The monoisotopic (exact) mass is 529 g/mol. The van der Waals surface area contributed by atoms with Gasteiger partial charge in [0.05, 0.1) is 20.3 Å². The van der Waals surface area contributed by atoms with Crippen LogP contribution in [0.1, 0.15) is 31.1 Å². The number of halogens is 2. The van der Waals surface area contributed by atoms with Crippen LogP contribution in [0.3, 0.4) is 0 Å². The zero-order valence-corrected chi connectivity index (χ0v) is 21.4. The number of thiocarbonyl (C=S) groups is 1. The molecular formula is C25H21Cl2N3O2S2. The molecule has 5 nitrogen and oxygen atoms in total. The van der Waals surface area contributed by atoms with E-state index in [2.05, 4.69) is 34.7 Å². The normalized spacial score (nSPS) is 11.3. The Morgan fingerprint density at radius 1 is 1.21 bits per heavy atom. The second-order valence-corrected chi connectivity index (χ2v) is 9.73. The minimum Gasteiger partial charge on any atom is -0.457 e. The molecule has 2 N–H and O–H groups in total. The summed E-state index contributed by atoms with van der Waals surface area (Å²) in [5.74, 6) is 0.655. The number of anilines is 1. The molecule has 4 rings (SSSR count). The number of carbonyl (C=O) groups is 1. The summed E-state index contributed by atoms with van der Waals surface area (Å²) in [6.07, 6.45) is 6.27. The maximum Gasteiger partial charge on any atom is 0.250 e. The molecule has 2 heterocycles. The molecule has 0 aliphatic heterocycles. The van der Waals surface area contributed by atoms with Crippen LogP contribution in [-0.2, 0) is 11.2 Å². The highest BCUT2D eigenvalue weighted by Crippen LogP contribution is 2.34. The minimum atomic E-state index is -0.390. The number of fused-ring (bicyclic) bond motifs is 1. The predicted octanol–water partition coefficient (Wildman–Crippen LogP) is 7.73. The van der Waals surface area contributed by atoms with Gasteiger partial charge in [-0.3, -0.25) is 10.1 Å². The largest absolute Gasteiger partial charge is 0.457 e. The number of carbonyl (C=O) groups excluding carboxylic acids is 1. The third-order valence-electron chi connectivity index (χ3n) is 4.97. The molecule has 4 aromatic rings. The Balaban J connectivity index is 1.35. The molecule has 0 radical (unpaired) electrons. The molecule has 0 spiro atoms. The number of amides is 1. The number of unbranched alkanes of at least 4 members (excludes halogenated alkanes) is 1. The number of rotatable bonds is 7. The summed E-state index contributed by atoms with van der Waals surface area (Å²) >= 11 is 19.1. The Morgan fingerprint density at radius 3 is 2.88 bits per heavy atom. The Hall–Kier alpha value is -2.71. The van der Waals surface area contributed by atoms with Crippen molar-refractivity contribution in [3.05, 3.63) is 76.0 Å². The van der Waals surface area contributed by atoms with Crippen molar-refractivity contribution >= 4 is 79.2 Å². The molecular weight excluding hydrogens is 509 g/mol. The van der Waals surface area contributed by atoms with Crippen molar-refractivity contribution < 1.29 is 9.21 Å². The fourth-order valence-corrected chi connectivity index (χ4v) is 4.87. The van der Waals surface area contributed by atoms with E-state index in [9.17, 15) is 4.79 Å². The van der Waals surface area contributed by atoms with Crippen LogP contribution in [0.25, 0.3) is 27.6 Å². The number of benzene rings is 2. The van der Waals surface area contributed by atoms with Crippen molar-refractivity contribution in [2.24, 2.45) is 0 Å². The lowest BCUT2D eigenvalue weighted by molar-refractivity contribution is -0.115. The summed E-state index contributed by atoms with van der Waals surface area (Å²) in [4.78, 5) is 16.8. The standard InChI is InChI=1S/C25H21Cl2N3O2S2/c1-2-3-5-15-8-11-19-21(14-15)34-25(28-19)30-24(33)29-22(31)13-10-16-9-12-20(32-16)17-6-4-7-18(26)23(17)27/h4,6-14H,2-3,5H2,1H3,(H2,28,29,30,31,33). The number of hydrogen-bond acceptors (Lipinski definition) is 5. The molecule has 0 saturated heterocycles. The van der Waals surface area contributed by atoms with E-state index in [1.807, 2.05) is 12.1 Å². The number of thiazole rings is 1. The Kier molecular flexibility index (Phi) is 8.00. The van der Waals surface area contributed by atoms with Gasteiger partial charge >= 0.3 is 0 Å². The Bertz CT molecular complexity index is 1380. The first kappa shape index (κ1) is 24.4. The van der Waals surface area contributed by atoms with Crippen molar-refractivity contribution in [2.45, 2.75) is 26.2 Å². The van der Waals surface area contributed by atoms with Gasteiger partial charge in [-0.2, -0.15) is 0 Å². The fraction of sp³-hybridized carbons (Fsp3) is 0.160. The molecule has 174 valence electrons. The highest BCUT2D eigenvalue weighted by atomic mass is 35.5. The smallest absolute Gasteiger partial charge is 0.250 e. The van der Waals surface area contributed by atoms with Crippen LogP contribution in [0.4, 0.5) is 5.13 Å². The summed E-state index contributed by atoms with van der Waals surface area (Å²) in [6, 6.07) is 15.1. The van der Waals surface area contributed by atoms with Crippen molar-refractivity contribution in [3.63, 3.8) is 0 Å². The van der Waals surface area contributed by atoms with Crippen LogP contribution in [0.15, 0.2) is 59.0 Å². The molecule has 0 bridgehead atoms. The molecule has 34 heavy (non-hydrogen) atoms. The highest BCUT2D eigenvalue weighted by molar-refractivity contribution is 7.80. The van der Waals surface area contributed by atoms with E-state index in [1.165, 1.54) is 23.0 Å². The fourth-order valence-electron chi connectivity index (χ4n) is 3.28. The van der Waals surface area contributed by atoms with E-state index < -0.39 is 0 Å². The summed E-state index contributed by atoms with van der Waals surface area (Å²) in [6.45, 7) is 2.18. The van der Waals surface area contributed by atoms with E-state index in [4.69, 9.17) is 39.8 Å². The Labute approximate surface area is 216 Å². The number of furan rings is 1. The third-order valence-corrected chi connectivity index (χ3v) is 6.93. The zero-order chi connectivity index (χ0) is 24.1. The van der Waals surface area contributed by atoms with Crippen molar-refractivity contribution in [1.82, 2.24) is 10.3 Å². The van der Waals surface area contributed by atoms with Gasteiger partial charge in [-0.1, -0.05) is 60.0 Å². The lowest BCUT2D eigenvalue weighted by Crippen LogP contribution is -2.32. The first-order chi connectivity index (χ1) is 16.4. The summed E-state index contributed by atoms with van der Waals surface area (Å²) in [7, 11) is 0. The van der Waals surface area contributed by atoms with Crippen molar-refractivity contribution in [3.8, 4) is 11.3 Å². The maximum absolute atomic E-state index is 12.3. The van der Waals surface area contributed by atoms with Gasteiger partial charge in [-0.05, 0) is 73.1 Å². The van der Waals surface area contributed by atoms with Gasteiger partial charge in [0, 0.05) is 11.6 Å². The lowest BCUT2D eigenvalue weighted by atomic mass is 10.1.